The Kier molecular flexibility index (Phi) is 3.15. The Bertz CT molecular complexity index is 633. The highest BCUT2D eigenvalue weighted by Crippen LogP contribution is 2.16. The van der Waals surface area contributed by atoms with E-state index in [2.05, 4.69) is 4.98 Å². The Labute approximate surface area is 102 Å². The predicted molar refractivity (Wildman–Crippen MR) is 65.5 cm³/mol. The Morgan fingerprint density at radius 3 is 2.88 bits per heavy atom. The van der Waals surface area contributed by atoms with E-state index in [1.54, 1.807) is 31.2 Å². The highest BCUT2D eigenvalue weighted by molar-refractivity contribution is 6.31. The lowest BCUT2D eigenvalue weighted by Crippen LogP contribution is -2.15. The number of ether oxygens (including phenoxy) is 1. The van der Waals surface area contributed by atoms with Gasteiger partial charge in [-0.2, -0.15) is 0 Å². The van der Waals surface area contributed by atoms with Crippen LogP contribution in [0.2, 0.25) is 5.02 Å². The number of benzene rings is 1. The van der Waals surface area contributed by atoms with Gasteiger partial charge in [0.2, 0.25) is 0 Å². The number of esters is 1. The molecule has 0 amide bonds. The van der Waals surface area contributed by atoms with Crippen molar-refractivity contribution in [1.29, 1.82) is 0 Å². The molecule has 0 saturated carbocycles. The number of nitrogens with one attached hydrogen (secondary N) is 1. The first-order valence-electron chi connectivity index (χ1n) is 5.11. The maximum Gasteiger partial charge on any atom is 0.354 e. The van der Waals surface area contributed by atoms with Crippen molar-refractivity contribution in [2.24, 2.45) is 0 Å². The van der Waals surface area contributed by atoms with Crippen molar-refractivity contribution < 1.29 is 9.53 Å². The van der Waals surface area contributed by atoms with Crippen molar-refractivity contribution in [2.75, 3.05) is 6.61 Å². The lowest BCUT2D eigenvalue weighted by molar-refractivity contribution is 0.0519. The number of halogens is 1. The maximum absolute atomic E-state index is 11.7. The van der Waals surface area contributed by atoms with E-state index in [1.165, 1.54) is 0 Å². The molecular formula is C12H10ClNO3. The molecule has 1 aromatic heterocycles. The van der Waals surface area contributed by atoms with Crippen LogP contribution < -0.4 is 5.56 Å². The van der Waals surface area contributed by atoms with Crippen LogP contribution >= 0.6 is 11.6 Å². The molecule has 0 fully saturated rings. The molecular weight excluding hydrogens is 242 g/mol. The number of carbonyl (C=O) groups excluding carboxylic acids is 1. The normalized spacial score (nSPS) is 10.5. The third kappa shape index (κ3) is 2.31. The molecule has 0 unspecified atom stereocenters. The van der Waals surface area contributed by atoms with E-state index >= 15 is 0 Å². The van der Waals surface area contributed by atoms with Gasteiger partial charge in [-0.15, -0.1) is 0 Å². The number of rotatable bonds is 2. The first kappa shape index (κ1) is 11.7. The molecule has 17 heavy (non-hydrogen) atoms. The Morgan fingerprint density at radius 1 is 1.41 bits per heavy atom. The number of H-pyrrole nitrogens is 1. The van der Waals surface area contributed by atoms with Crippen LogP contribution in [0.25, 0.3) is 10.8 Å². The number of fused-ring (bicyclic) bond motifs is 1. The Hall–Kier alpha value is -1.81. The maximum atomic E-state index is 11.7. The number of aromatic amines is 1. The van der Waals surface area contributed by atoms with Crippen LogP contribution in [0, 0.1) is 0 Å². The minimum atomic E-state index is -0.540. The minimum absolute atomic E-state index is 0.145. The molecule has 0 aliphatic carbocycles. The highest BCUT2D eigenvalue weighted by Gasteiger charge is 2.10. The summed E-state index contributed by atoms with van der Waals surface area (Å²) in [5.74, 6) is -0.540. The molecule has 5 heteroatoms. The molecule has 2 rings (SSSR count). The summed E-state index contributed by atoms with van der Waals surface area (Å²) in [5.41, 5.74) is -0.209. The van der Waals surface area contributed by atoms with Crippen LogP contribution in [0.5, 0.6) is 0 Å². The number of hydrogen-bond donors (Lipinski definition) is 1. The molecule has 2 aromatic rings. The molecule has 0 spiro atoms. The molecule has 0 saturated heterocycles. The molecule has 0 radical (unpaired) electrons. The number of aromatic nitrogens is 1. The van der Waals surface area contributed by atoms with Crippen LogP contribution in [0.15, 0.2) is 29.1 Å². The molecule has 1 heterocycles. The Morgan fingerprint density at radius 2 is 2.18 bits per heavy atom. The fourth-order valence-electron chi connectivity index (χ4n) is 1.55. The van der Waals surface area contributed by atoms with Crippen LogP contribution in [0.3, 0.4) is 0 Å². The summed E-state index contributed by atoms with van der Waals surface area (Å²) in [7, 11) is 0. The molecule has 0 atom stereocenters. The summed E-state index contributed by atoms with van der Waals surface area (Å²) in [4.78, 5) is 25.7. The van der Waals surface area contributed by atoms with Crippen LogP contribution in [0.1, 0.15) is 17.4 Å². The Balaban J connectivity index is 2.60. The van der Waals surface area contributed by atoms with Crippen molar-refractivity contribution >= 4 is 28.3 Å². The molecule has 0 bridgehead atoms. The summed E-state index contributed by atoms with van der Waals surface area (Å²) in [6.45, 7) is 1.97. The fraction of sp³-hybridized carbons (Fsp3) is 0.167. The monoisotopic (exact) mass is 251 g/mol. The summed E-state index contributed by atoms with van der Waals surface area (Å²) >= 11 is 5.80. The van der Waals surface area contributed by atoms with Gasteiger partial charge in [-0.1, -0.05) is 17.7 Å². The van der Waals surface area contributed by atoms with Gasteiger partial charge in [0, 0.05) is 10.4 Å². The highest BCUT2D eigenvalue weighted by atomic mass is 35.5. The summed E-state index contributed by atoms with van der Waals surface area (Å²) in [6.07, 6.45) is 0. The van der Waals surface area contributed by atoms with Crippen LogP contribution in [-0.2, 0) is 4.74 Å². The summed E-state index contributed by atoms with van der Waals surface area (Å²) in [5, 5.41) is 1.58. The lowest BCUT2D eigenvalue weighted by Gasteiger charge is -2.03. The number of pyridine rings is 1. The SMILES string of the molecule is CCOC(=O)c1cc2ccc(Cl)cc2c(=O)[nH]1. The fourth-order valence-corrected chi connectivity index (χ4v) is 1.72. The van der Waals surface area contributed by atoms with Gasteiger partial charge in [0.05, 0.1) is 6.61 Å². The zero-order valence-electron chi connectivity index (χ0n) is 9.12. The summed E-state index contributed by atoms with van der Waals surface area (Å²) in [6, 6.07) is 6.49. The standard InChI is InChI=1S/C12H10ClNO3/c1-2-17-12(16)10-5-7-3-4-8(13)6-9(7)11(15)14-10/h3-6H,2H2,1H3,(H,14,15). The number of carbonyl (C=O) groups is 1. The second kappa shape index (κ2) is 4.59. The van der Waals surface area contributed by atoms with Gasteiger partial charge in [-0.05, 0) is 30.5 Å². The molecule has 4 nitrogen and oxygen atoms in total. The second-order valence-corrected chi connectivity index (χ2v) is 3.90. The van der Waals surface area contributed by atoms with E-state index in [9.17, 15) is 9.59 Å². The van der Waals surface area contributed by atoms with Crippen LogP contribution in [-0.4, -0.2) is 17.6 Å². The van der Waals surface area contributed by atoms with Gasteiger partial charge < -0.3 is 9.72 Å². The van der Waals surface area contributed by atoms with E-state index < -0.39 is 5.97 Å². The van der Waals surface area contributed by atoms with Crippen LogP contribution in [0.4, 0.5) is 0 Å². The van der Waals surface area contributed by atoms with E-state index in [0.717, 1.165) is 0 Å². The third-order valence-corrected chi connectivity index (χ3v) is 2.54. The predicted octanol–water partition coefficient (Wildman–Crippen LogP) is 2.36. The molecule has 0 aliphatic heterocycles. The molecule has 1 N–H and O–H groups in total. The largest absolute Gasteiger partial charge is 0.461 e. The van der Waals surface area contributed by atoms with Crippen molar-refractivity contribution in [3.63, 3.8) is 0 Å². The molecule has 1 aromatic carbocycles. The van der Waals surface area contributed by atoms with Gasteiger partial charge in [-0.3, -0.25) is 4.79 Å². The van der Waals surface area contributed by atoms with Crippen molar-refractivity contribution in [2.45, 2.75) is 6.92 Å². The smallest absolute Gasteiger partial charge is 0.354 e. The van der Waals surface area contributed by atoms with Gasteiger partial charge in [0.15, 0.2) is 0 Å². The zero-order valence-corrected chi connectivity index (χ0v) is 9.88. The average molecular weight is 252 g/mol. The third-order valence-electron chi connectivity index (χ3n) is 2.30. The molecule has 88 valence electrons. The zero-order chi connectivity index (χ0) is 12.4. The lowest BCUT2D eigenvalue weighted by atomic mass is 10.1. The van der Waals surface area contributed by atoms with Crippen molar-refractivity contribution in [1.82, 2.24) is 4.98 Å². The van der Waals surface area contributed by atoms with Gasteiger partial charge in [0.1, 0.15) is 5.69 Å². The van der Waals surface area contributed by atoms with Gasteiger partial charge >= 0.3 is 5.97 Å². The first-order chi connectivity index (χ1) is 8.11. The average Bonchev–Trinajstić information content (AvgIpc) is 2.30. The second-order valence-electron chi connectivity index (χ2n) is 3.46. The topological polar surface area (TPSA) is 59.2 Å². The molecule has 0 aliphatic rings. The quantitative estimate of drug-likeness (QED) is 0.834. The van der Waals surface area contributed by atoms with Gasteiger partial charge in [0.25, 0.3) is 5.56 Å². The first-order valence-corrected chi connectivity index (χ1v) is 5.49. The minimum Gasteiger partial charge on any atom is -0.461 e. The number of hydrogen-bond acceptors (Lipinski definition) is 3. The van der Waals surface area contributed by atoms with Gasteiger partial charge in [-0.25, -0.2) is 4.79 Å². The van der Waals surface area contributed by atoms with Crippen molar-refractivity contribution in [3.05, 3.63) is 45.3 Å². The van der Waals surface area contributed by atoms with Crippen molar-refractivity contribution in [3.8, 4) is 0 Å². The van der Waals surface area contributed by atoms with E-state index in [1.807, 2.05) is 0 Å². The van der Waals surface area contributed by atoms with E-state index in [0.29, 0.717) is 15.8 Å². The summed E-state index contributed by atoms with van der Waals surface area (Å²) < 4.78 is 4.82. The van der Waals surface area contributed by atoms with E-state index in [-0.39, 0.29) is 17.9 Å². The van der Waals surface area contributed by atoms with E-state index in [4.69, 9.17) is 16.3 Å².